The molecular weight excluding hydrogens is 646 g/mol. The Morgan fingerprint density at radius 2 is 1.62 bits per heavy atom. The van der Waals surface area contributed by atoms with E-state index in [1.165, 1.54) is 29.5 Å². The van der Waals surface area contributed by atoms with Crippen molar-refractivity contribution in [2.45, 2.75) is 51.7 Å². The first kappa shape index (κ1) is 33.4. The molecule has 3 unspecified atom stereocenters. The number of hydrogen-bond acceptors (Lipinski definition) is 9. The normalized spacial score (nSPS) is 20.0. The van der Waals surface area contributed by atoms with E-state index in [2.05, 4.69) is 37.1 Å². The zero-order valence-corrected chi connectivity index (χ0v) is 28.3. The molecule has 50 heavy (non-hydrogen) atoms. The Kier molecular flexibility index (Phi) is 9.38. The van der Waals surface area contributed by atoms with Crippen LogP contribution in [-0.2, 0) is 21.8 Å². The van der Waals surface area contributed by atoms with Gasteiger partial charge in [0, 0.05) is 49.2 Å². The minimum atomic E-state index is -1.51. The quantitative estimate of drug-likeness (QED) is 0.193. The lowest BCUT2D eigenvalue weighted by atomic mass is 10.0. The van der Waals surface area contributed by atoms with Crippen molar-refractivity contribution in [1.29, 1.82) is 0 Å². The van der Waals surface area contributed by atoms with E-state index in [1.54, 1.807) is 9.25 Å². The van der Waals surface area contributed by atoms with Gasteiger partial charge in [-0.15, -0.1) is 0 Å². The van der Waals surface area contributed by atoms with Crippen LogP contribution in [0.3, 0.4) is 0 Å². The van der Waals surface area contributed by atoms with Gasteiger partial charge in [0.25, 0.3) is 0 Å². The number of anilines is 2. The second-order valence-corrected chi connectivity index (χ2v) is 12.7. The Hall–Kier alpha value is -5.08. The van der Waals surface area contributed by atoms with E-state index < -0.39 is 23.5 Å². The number of piperazine rings is 1. The second kappa shape index (κ2) is 14.0. The topological polar surface area (TPSA) is 105 Å². The van der Waals surface area contributed by atoms with Gasteiger partial charge in [-0.05, 0) is 80.9 Å². The van der Waals surface area contributed by atoms with Crippen LogP contribution in [0.15, 0.2) is 84.2 Å². The summed E-state index contributed by atoms with van der Waals surface area (Å²) in [4.78, 5) is 21.6. The molecule has 12 nitrogen and oxygen atoms in total. The van der Waals surface area contributed by atoms with E-state index in [1.807, 2.05) is 57.2 Å². The lowest BCUT2D eigenvalue weighted by molar-refractivity contribution is -0.192. The summed E-state index contributed by atoms with van der Waals surface area (Å²) in [5.41, 5.74) is 2.99. The smallest absolute Gasteiger partial charge is 0.350 e. The van der Waals surface area contributed by atoms with Crippen LogP contribution < -0.4 is 20.2 Å². The number of aryl methyl sites for hydroxylation is 1. The molecule has 7 rings (SSSR count). The fraction of sp³-hybridized carbons (Fsp3) is 0.389. The molecule has 3 atom stereocenters. The maximum atomic E-state index is 14.9. The highest BCUT2D eigenvalue weighted by Crippen LogP contribution is 2.38. The molecule has 0 aliphatic carbocycles. The maximum absolute atomic E-state index is 14.9. The van der Waals surface area contributed by atoms with Gasteiger partial charge < -0.3 is 24.0 Å². The summed E-state index contributed by atoms with van der Waals surface area (Å²) in [5, 5.41) is 8.59. The summed E-state index contributed by atoms with van der Waals surface area (Å²) in [5.74, 6) is -1.62. The number of aromatic nitrogens is 6. The third-order valence-corrected chi connectivity index (χ3v) is 9.40. The molecule has 3 aromatic carbocycles. The highest BCUT2D eigenvalue weighted by molar-refractivity contribution is 5.55. The maximum Gasteiger partial charge on any atom is 0.350 e. The fourth-order valence-electron chi connectivity index (χ4n) is 6.50. The SMILES string of the molecule is CCC(C)n1nc(C)n(-c2ccc(N3CCN(c4ccc(OCC5COC(Cn6cncn6)(c6ccc(F)cc6F)O5)cc4)CC3)cc2)c1=O. The molecule has 2 saturated heterocycles. The number of hydrogen-bond donors (Lipinski definition) is 0. The number of benzene rings is 3. The van der Waals surface area contributed by atoms with Gasteiger partial charge in [-0.2, -0.15) is 10.2 Å². The van der Waals surface area contributed by atoms with Crippen molar-refractivity contribution in [2.75, 3.05) is 49.2 Å². The van der Waals surface area contributed by atoms with E-state index in [0.29, 0.717) is 11.6 Å². The first-order valence-electron chi connectivity index (χ1n) is 16.8. The molecule has 2 aliphatic rings. The van der Waals surface area contributed by atoms with Gasteiger partial charge in [0.2, 0.25) is 5.79 Å². The molecule has 0 saturated carbocycles. The first-order valence-corrected chi connectivity index (χ1v) is 16.8. The highest BCUT2D eigenvalue weighted by Gasteiger charge is 2.46. The summed E-state index contributed by atoms with van der Waals surface area (Å²) < 4.78 is 51.6. The van der Waals surface area contributed by atoms with Crippen LogP contribution in [0.5, 0.6) is 5.75 Å². The Labute approximate surface area is 288 Å². The van der Waals surface area contributed by atoms with Crippen molar-refractivity contribution in [2.24, 2.45) is 0 Å². The van der Waals surface area contributed by atoms with Gasteiger partial charge in [0.1, 0.15) is 55.1 Å². The van der Waals surface area contributed by atoms with Crippen molar-refractivity contribution in [3.63, 3.8) is 0 Å². The number of rotatable bonds is 11. The molecule has 0 N–H and O–H groups in total. The molecule has 2 aliphatic heterocycles. The van der Waals surface area contributed by atoms with Crippen LogP contribution in [0.2, 0.25) is 0 Å². The predicted octanol–water partition coefficient (Wildman–Crippen LogP) is 4.86. The minimum absolute atomic E-state index is 0.0331. The van der Waals surface area contributed by atoms with Crippen molar-refractivity contribution >= 4 is 11.4 Å². The third kappa shape index (κ3) is 6.72. The van der Waals surface area contributed by atoms with Gasteiger partial charge in [0.05, 0.1) is 18.3 Å². The summed E-state index contributed by atoms with van der Waals surface area (Å²) >= 11 is 0. The fourth-order valence-corrected chi connectivity index (χ4v) is 6.50. The second-order valence-electron chi connectivity index (χ2n) is 12.7. The predicted molar refractivity (Wildman–Crippen MR) is 183 cm³/mol. The van der Waals surface area contributed by atoms with Crippen LogP contribution in [-0.4, -0.2) is 74.6 Å². The van der Waals surface area contributed by atoms with Gasteiger partial charge in [-0.1, -0.05) is 6.92 Å². The van der Waals surface area contributed by atoms with Crippen molar-refractivity contribution in [1.82, 2.24) is 29.1 Å². The average molecular weight is 687 g/mol. The van der Waals surface area contributed by atoms with E-state index in [9.17, 15) is 13.6 Å². The van der Waals surface area contributed by atoms with Crippen molar-refractivity contribution < 1.29 is 23.0 Å². The van der Waals surface area contributed by atoms with Crippen LogP contribution in [0.25, 0.3) is 5.69 Å². The van der Waals surface area contributed by atoms with E-state index >= 15 is 0 Å². The standard InChI is InChI=1S/C36H40F2N8O4/c1-4-25(2)46-35(47)45(26(3)41-46)30-8-6-28(7-9-30)42-15-17-43(18-16-42)29-10-12-31(13-11-29)48-20-32-21-49-36(50-32,22-44-24-39-23-40-44)33-14-5-27(37)19-34(33)38/h5-14,19,23-25,32H,4,15-18,20-22H2,1-3H3. The molecule has 0 radical (unpaired) electrons. The van der Waals surface area contributed by atoms with Gasteiger partial charge in [0.15, 0.2) is 0 Å². The van der Waals surface area contributed by atoms with E-state index in [-0.39, 0.29) is 37.1 Å². The Morgan fingerprint density at radius 3 is 2.24 bits per heavy atom. The van der Waals surface area contributed by atoms with Gasteiger partial charge >= 0.3 is 5.69 Å². The zero-order valence-electron chi connectivity index (χ0n) is 28.3. The molecule has 5 aromatic rings. The van der Waals surface area contributed by atoms with Crippen LogP contribution in [0, 0.1) is 18.6 Å². The van der Waals surface area contributed by atoms with Gasteiger partial charge in [-0.3, -0.25) is 0 Å². The number of ether oxygens (including phenoxy) is 3. The number of halogens is 2. The molecule has 0 spiro atoms. The van der Waals surface area contributed by atoms with Gasteiger partial charge in [-0.25, -0.2) is 32.5 Å². The Morgan fingerprint density at radius 1 is 0.960 bits per heavy atom. The monoisotopic (exact) mass is 686 g/mol. The Bertz CT molecular complexity index is 1960. The molecule has 2 aromatic heterocycles. The molecular formula is C36H40F2N8O4. The summed E-state index contributed by atoms with van der Waals surface area (Å²) in [7, 11) is 0. The summed E-state index contributed by atoms with van der Waals surface area (Å²) in [6.45, 7) is 9.67. The molecule has 2 fully saturated rings. The van der Waals surface area contributed by atoms with E-state index in [4.69, 9.17) is 14.2 Å². The summed E-state index contributed by atoms with van der Waals surface area (Å²) in [6.07, 6.45) is 3.18. The molecule has 0 bridgehead atoms. The lowest BCUT2D eigenvalue weighted by Gasteiger charge is -2.37. The zero-order chi connectivity index (χ0) is 34.8. The van der Waals surface area contributed by atoms with Crippen LogP contribution >= 0.6 is 0 Å². The largest absolute Gasteiger partial charge is 0.491 e. The minimum Gasteiger partial charge on any atom is -0.491 e. The lowest BCUT2D eigenvalue weighted by Crippen LogP contribution is -2.46. The molecule has 4 heterocycles. The van der Waals surface area contributed by atoms with Crippen LogP contribution in [0.4, 0.5) is 20.2 Å². The third-order valence-electron chi connectivity index (χ3n) is 9.40. The average Bonchev–Trinajstić information content (AvgIpc) is 3.87. The molecule has 262 valence electrons. The summed E-state index contributed by atoms with van der Waals surface area (Å²) in [6, 6.07) is 19.4. The molecule has 14 heteroatoms. The van der Waals surface area contributed by atoms with Crippen molar-refractivity contribution in [3.8, 4) is 11.4 Å². The van der Waals surface area contributed by atoms with Crippen molar-refractivity contribution in [3.05, 3.63) is 113 Å². The number of nitrogens with zero attached hydrogens (tertiary/aromatic N) is 8. The highest BCUT2D eigenvalue weighted by atomic mass is 19.1. The Balaban J connectivity index is 0.931. The van der Waals surface area contributed by atoms with E-state index in [0.717, 1.165) is 55.7 Å². The van der Waals surface area contributed by atoms with Crippen LogP contribution in [0.1, 0.15) is 37.7 Å². The molecule has 0 amide bonds. The first-order chi connectivity index (χ1) is 24.2.